The number of rotatable bonds is 0. The molecule has 0 nitrogen and oxygen atoms in total. The average Bonchev–Trinajstić information content (AvgIpc) is 0. The summed E-state index contributed by atoms with van der Waals surface area (Å²) < 4.78 is 0. The van der Waals surface area contributed by atoms with Crippen molar-refractivity contribution < 1.29 is 19.5 Å². The minimum atomic E-state index is 0. The molecule has 0 atom stereocenters. The first kappa shape index (κ1) is 28.0. The largest absolute Gasteiger partial charge is 0.197 e. The van der Waals surface area contributed by atoms with Crippen molar-refractivity contribution in [2.45, 2.75) is 0 Å². The zero-order chi connectivity index (χ0) is 0. The maximum atomic E-state index is 0. The SMILES string of the molecule is S.[Ca].[Mg].[Zn]. The van der Waals surface area contributed by atoms with Gasteiger partial charge in [0, 0.05) is 80.3 Å². The second-order valence-electron chi connectivity index (χ2n) is 0. The Morgan fingerprint density at radius 1 is 1.00 bits per heavy atom. The summed E-state index contributed by atoms with van der Waals surface area (Å²) in [4.78, 5) is 0. The molecule has 0 aliphatic heterocycles. The molecule has 0 aromatic heterocycles. The van der Waals surface area contributed by atoms with Gasteiger partial charge in [-0.05, 0) is 0 Å². The topological polar surface area (TPSA) is 0 Å². The fraction of sp³-hybridized carbons (Fsp3) is 0. The van der Waals surface area contributed by atoms with Gasteiger partial charge in [0.25, 0.3) is 0 Å². The monoisotopic (exact) mass is 162 g/mol. The minimum Gasteiger partial charge on any atom is -0.197 e. The zero-order valence-corrected chi connectivity index (χ0v) is 10.2. The summed E-state index contributed by atoms with van der Waals surface area (Å²) in [5.74, 6) is 0. The van der Waals surface area contributed by atoms with Crippen molar-refractivity contribution in [1.29, 1.82) is 0 Å². The van der Waals surface area contributed by atoms with Crippen molar-refractivity contribution in [2.75, 3.05) is 0 Å². The van der Waals surface area contributed by atoms with Crippen LogP contribution < -0.4 is 0 Å². The molecule has 0 spiro atoms. The van der Waals surface area contributed by atoms with Crippen molar-refractivity contribution in [3.8, 4) is 0 Å². The van der Waals surface area contributed by atoms with E-state index in [0.717, 1.165) is 0 Å². The molecule has 0 saturated carbocycles. The van der Waals surface area contributed by atoms with Crippen LogP contribution in [0, 0.1) is 0 Å². The molecule has 0 fully saturated rings. The fourth-order valence-electron chi connectivity index (χ4n) is 0. The Kier molecular flexibility index (Phi) is 117. The van der Waals surface area contributed by atoms with Crippen LogP contribution in [0.2, 0.25) is 0 Å². The van der Waals surface area contributed by atoms with Crippen molar-refractivity contribution in [3.63, 3.8) is 0 Å². The van der Waals surface area contributed by atoms with Gasteiger partial charge in [-0.1, -0.05) is 0 Å². The standard InChI is InChI=1S/Ca.Mg.H2S.Zn/h;;1H2;. The van der Waals surface area contributed by atoms with Gasteiger partial charge in [0.15, 0.2) is 0 Å². The third-order valence-electron chi connectivity index (χ3n) is 0. The fourth-order valence-corrected chi connectivity index (χ4v) is 0. The summed E-state index contributed by atoms with van der Waals surface area (Å²) in [6.45, 7) is 0. The van der Waals surface area contributed by atoms with E-state index in [2.05, 4.69) is 0 Å². The van der Waals surface area contributed by atoms with Crippen molar-refractivity contribution in [3.05, 3.63) is 0 Å². The molecule has 0 N–H and O–H groups in total. The Bertz CT molecular complexity index is 8.00. The van der Waals surface area contributed by atoms with Crippen molar-refractivity contribution in [1.82, 2.24) is 0 Å². The molecule has 0 heterocycles. The van der Waals surface area contributed by atoms with Gasteiger partial charge in [-0.15, -0.1) is 0 Å². The van der Waals surface area contributed by atoms with Crippen LogP contribution in [0.5, 0.6) is 0 Å². The molecular formula is H2CaMgSZn. The third-order valence-corrected chi connectivity index (χ3v) is 0. The van der Waals surface area contributed by atoms with Gasteiger partial charge in [-0.25, -0.2) is 0 Å². The Labute approximate surface area is 91.8 Å². The molecule has 0 aromatic carbocycles. The average molecular weight is 164 g/mol. The second-order valence-corrected chi connectivity index (χ2v) is 0. The van der Waals surface area contributed by atoms with E-state index >= 15 is 0 Å². The molecule has 4 heavy (non-hydrogen) atoms. The molecule has 0 aromatic rings. The predicted molar refractivity (Wildman–Crippen MR) is 21.9 cm³/mol. The van der Waals surface area contributed by atoms with E-state index in [1.54, 1.807) is 0 Å². The molecule has 0 rings (SSSR count). The van der Waals surface area contributed by atoms with Crippen LogP contribution in [-0.4, -0.2) is 60.8 Å². The van der Waals surface area contributed by atoms with E-state index in [4.69, 9.17) is 0 Å². The van der Waals surface area contributed by atoms with Gasteiger partial charge in [0.2, 0.25) is 0 Å². The Balaban J connectivity index is 0. The first-order valence-electron chi connectivity index (χ1n) is 0. The molecule has 0 aliphatic carbocycles. The Morgan fingerprint density at radius 3 is 1.00 bits per heavy atom. The van der Waals surface area contributed by atoms with E-state index in [9.17, 15) is 0 Å². The molecule has 0 bridgehead atoms. The number of hydrogen-bond acceptors (Lipinski definition) is 0. The summed E-state index contributed by atoms with van der Waals surface area (Å²) >= 11 is 0. The van der Waals surface area contributed by atoms with Crippen LogP contribution in [0.25, 0.3) is 0 Å². The van der Waals surface area contributed by atoms with Gasteiger partial charge >= 0.3 is 0 Å². The Hall–Kier alpha value is 3.00. The van der Waals surface area contributed by atoms with Crippen LogP contribution in [-0.2, 0) is 19.5 Å². The maximum absolute atomic E-state index is 0. The molecule has 0 amide bonds. The quantitative estimate of drug-likeness (QED) is 0.417. The van der Waals surface area contributed by atoms with E-state index in [-0.39, 0.29) is 93.8 Å². The van der Waals surface area contributed by atoms with Gasteiger partial charge in [0.05, 0.1) is 0 Å². The third kappa shape index (κ3) is 8.89. The summed E-state index contributed by atoms with van der Waals surface area (Å²) in [6.07, 6.45) is 0. The van der Waals surface area contributed by atoms with E-state index in [1.165, 1.54) is 0 Å². The molecule has 0 aliphatic rings. The van der Waals surface area contributed by atoms with Gasteiger partial charge in [-0.3, -0.25) is 0 Å². The maximum Gasteiger partial charge on any atom is 0 e. The molecule has 14 valence electrons. The summed E-state index contributed by atoms with van der Waals surface area (Å²) in [5.41, 5.74) is 0. The van der Waals surface area contributed by atoms with E-state index < -0.39 is 0 Å². The van der Waals surface area contributed by atoms with Crippen LogP contribution >= 0.6 is 13.5 Å². The van der Waals surface area contributed by atoms with Crippen molar-refractivity contribution in [2.24, 2.45) is 0 Å². The minimum absolute atomic E-state index is 0. The van der Waals surface area contributed by atoms with Crippen LogP contribution in [0.1, 0.15) is 0 Å². The Morgan fingerprint density at radius 2 is 1.00 bits per heavy atom. The van der Waals surface area contributed by atoms with Gasteiger partial charge < -0.3 is 0 Å². The first-order chi connectivity index (χ1) is 0. The summed E-state index contributed by atoms with van der Waals surface area (Å²) in [6, 6.07) is 0. The normalized spacial score (nSPS) is 0. The van der Waals surface area contributed by atoms with Gasteiger partial charge in [-0.2, -0.15) is 13.5 Å². The first-order valence-corrected chi connectivity index (χ1v) is 0. The predicted octanol–water partition coefficient (Wildman–Crippen LogP) is -0.651. The molecule has 0 saturated heterocycles. The van der Waals surface area contributed by atoms with E-state index in [1.807, 2.05) is 0 Å². The molecular weight excluding hydrogens is 162 g/mol. The molecule has 4 heteroatoms. The van der Waals surface area contributed by atoms with Crippen LogP contribution in [0.3, 0.4) is 0 Å². The number of hydrogen-bond donors (Lipinski definition) is 0. The van der Waals surface area contributed by atoms with Crippen molar-refractivity contribution >= 4 is 74.3 Å². The van der Waals surface area contributed by atoms with Crippen LogP contribution in [0.4, 0.5) is 0 Å². The summed E-state index contributed by atoms with van der Waals surface area (Å²) in [5, 5.41) is 0. The molecule has 0 unspecified atom stereocenters. The zero-order valence-electron chi connectivity index (χ0n) is 2.62. The molecule has 4 radical (unpaired) electrons. The van der Waals surface area contributed by atoms with Crippen LogP contribution in [0.15, 0.2) is 0 Å². The smallest absolute Gasteiger partial charge is 0 e. The van der Waals surface area contributed by atoms with Gasteiger partial charge in [0.1, 0.15) is 0 Å². The summed E-state index contributed by atoms with van der Waals surface area (Å²) in [7, 11) is 0. The second kappa shape index (κ2) is 16.7. The van der Waals surface area contributed by atoms with E-state index in [0.29, 0.717) is 0 Å².